The van der Waals surface area contributed by atoms with Crippen LogP contribution in [0.3, 0.4) is 0 Å². The number of anilines is 1. The topological polar surface area (TPSA) is 97.3 Å². The third-order valence-electron chi connectivity index (χ3n) is 3.82. The van der Waals surface area contributed by atoms with E-state index in [-0.39, 0.29) is 23.7 Å². The van der Waals surface area contributed by atoms with Crippen LogP contribution in [0.2, 0.25) is 0 Å². The molecule has 0 radical (unpaired) electrons. The van der Waals surface area contributed by atoms with Crippen molar-refractivity contribution >= 4 is 28.7 Å². The van der Waals surface area contributed by atoms with Crippen molar-refractivity contribution in [3.8, 4) is 0 Å². The number of hydrogen-bond donors (Lipinski definition) is 1. The summed E-state index contributed by atoms with van der Waals surface area (Å²) in [5, 5.41) is 0.159. The zero-order valence-corrected chi connectivity index (χ0v) is 13.5. The second-order valence-corrected chi connectivity index (χ2v) is 6.02. The molecule has 3 heterocycles. The van der Waals surface area contributed by atoms with E-state index in [4.69, 9.17) is 19.9 Å². The highest BCUT2D eigenvalue weighted by molar-refractivity contribution is 7.99. The minimum Gasteiger partial charge on any atom is -0.382 e. The Bertz CT molecular complexity index is 652. The van der Waals surface area contributed by atoms with E-state index in [0.717, 1.165) is 0 Å². The monoisotopic (exact) mass is 325 g/mol. The largest absolute Gasteiger partial charge is 0.382 e. The van der Waals surface area contributed by atoms with Gasteiger partial charge in [-0.25, -0.2) is 15.0 Å². The van der Waals surface area contributed by atoms with Crippen molar-refractivity contribution in [2.45, 2.75) is 23.7 Å². The number of imidazole rings is 1. The van der Waals surface area contributed by atoms with Gasteiger partial charge in [0.05, 0.1) is 24.3 Å². The Morgan fingerprint density at radius 2 is 2.18 bits per heavy atom. The van der Waals surface area contributed by atoms with Crippen molar-refractivity contribution in [1.29, 1.82) is 0 Å². The molecule has 0 bridgehead atoms. The van der Waals surface area contributed by atoms with Crippen LogP contribution in [0, 0.1) is 0 Å². The predicted molar refractivity (Wildman–Crippen MR) is 83.6 cm³/mol. The lowest BCUT2D eigenvalue weighted by atomic mass is 10.2. The molecule has 120 valence electrons. The van der Waals surface area contributed by atoms with Gasteiger partial charge < -0.3 is 19.9 Å². The number of nitrogens with two attached hydrogens (primary N) is 1. The third-order valence-corrected chi connectivity index (χ3v) is 4.94. The normalized spacial score (nSPS) is 28.5. The summed E-state index contributed by atoms with van der Waals surface area (Å²) in [6.07, 6.45) is 4.60. The fraction of sp³-hybridized carbons (Fsp3) is 0.615. The molecule has 0 amide bonds. The lowest BCUT2D eigenvalue weighted by Crippen LogP contribution is -2.32. The van der Waals surface area contributed by atoms with Crippen LogP contribution in [0.25, 0.3) is 11.2 Å². The van der Waals surface area contributed by atoms with Gasteiger partial charge in [0, 0.05) is 14.2 Å². The molecule has 0 aromatic carbocycles. The Labute approximate surface area is 132 Å². The molecule has 1 saturated heterocycles. The molecule has 0 saturated carbocycles. The van der Waals surface area contributed by atoms with Crippen LogP contribution in [0.1, 0.15) is 6.23 Å². The Morgan fingerprint density at radius 1 is 1.36 bits per heavy atom. The van der Waals surface area contributed by atoms with Gasteiger partial charge in [-0.05, 0) is 6.26 Å². The van der Waals surface area contributed by atoms with Crippen LogP contribution in [0.4, 0.5) is 5.82 Å². The molecular weight excluding hydrogens is 306 g/mol. The van der Waals surface area contributed by atoms with Crippen molar-refractivity contribution in [3.63, 3.8) is 0 Å². The molecule has 0 spiro atoms. The standard InChI is InChI=1S/C13H19N5O3S/c1-19-4-7-10(22-3)9(20-2)13(21-7)18-6-17-8-11(14)15-5-16-12(8)18/h5-7,9-10,13H,4H2,1-3H3,(H2,14,15,16)/t7-,9?,10?,13-/m1/s1. The summed E-state index contributed by atoms with van der Waals surface area (Å²) < 4.78 is 18.9. The van der Waals surface area contributed by atoms with Gasteiger partial charge in [-0.1, -0.05) is 0 Å². The van der Waals surface area contributed by atoms with Gasteiger partial charge in [-0.3, -0.25) is 4.57 Å². The minimum atomic E-state index is -0.332. The van der Waals surface area contributed by atoms with E-state index in [1.165, 1.54) is 6.33 Å². The first-order valence-corrected chi connectivity index (χ1v) is 8.13. The molecule has 22 heavy (non-hydrogen) atoms. The van der Waals surface area contributed by atoms with Gasteiger partial charge in [-0.2, -0.15) is 11.8 Å². The SMILES string of the molecule is COC[C@H]1O[C@@H](n2cnc3c(N)ncnc32)C(OC)C1SC. The van der Waals surface area contributed by atoms with E-state index >= 15 is 0 Å². The fourth-order valence-corrected chi connectivity index (χ4v) is 3.78. The van der Waals surface area contributed by atoms with Gasteiger partial charge in [-0.15, -0.1) is 0 Å². The van der Waals surface area contributed by atoms with Crippen LogP contribution in [-0.2, 0) is 14.2 Å². The van der Waals surface area contributed by atoms with Crippen LogP contribution in [0.5, 0.6) is 0 Å². The zero-order valence-electron chi connectivity index (χ0n) is 12.7. The van der Waals surface area contributed by atoms with Crippen molar-refractivity contribution in [2.24, 2.45) is 0 Å². The summed E-state index contributed by atoms with van der Waals surface area (Å²) >= 11 is 1.70. The van der Waals surface area contributed by atoms with Crippen LogP contribution < -0.4 is 5.73 Å². The van der Waals surface area contributed by atoms with Crippen molar-refractivity contribution in [3.05, 3.63) is 12.7 Å². The number of fused-ring (bicyclic) bond motifs is 1. The van der Waals surface area contributed by atoms with E-state index in [1.807, 2.05) is 10.8 Å². The summed E-state index contributed by atoms with van der Waals surface area (Å²) in [7, 11) is 3.35. The Morgan fingerprint density at radius 3 is 2.86 bits per heavy atom. The second-order valence-electron chi connectivity index (χ2n) is 5.00. The van der Waals surface area contributed by atoms with Gasteiger partial charge in [0.2, 0.25) is 0 Å². The van der Waals surface area contributed by atoms with Crippen molar-refractivity contribution in [1.82, 2.24) is 19.5 Å². The van der Waals surface area contributed by atoms with E-state index in [0.29, 0.717) is 23.6 Å². The summed E-state index contributed by atoms with van der Waals surface area (Å²) in [6, 6.07) is 0. The van der Waals surface area contributed by atoms with E-state index < -0.39 is 0 Å². The summed E-state index contributed by atoms with van der Waals surface area (Å²) in [5.74, 6) is 0.352. The second kappa shape index (κ2) is 6.37. The number of rotatable bonds is 5. The van der Waals surface area contributed by atoms with E-state index in [9.17, 15) is 0 Å². The Kier molecular flexibility index (Phi) is 4.48. The Hall–Kier alpha value is -1.42. The van der Waals surface area contributed by atoms with E-state index in [2.05, 4.69) is 15.0 Å². The van der Waals surface area contributed by atoms with E-state index in [1.54, 1.807) is 32.3 Å². The molecular formula is C13H19N5O3S. The third kappa shape index (κ3) is 2.43. The molecule has 4 atom stereocenters. The highest BCUT2D eigenvalue weighted by atomic mass is 32.2. The average Bonchev–Trinajstić information content (AvgIpc) is 3.09. The number of methoxy groups -OCH3 is 2. The van der Waals surface area contributed by atoms with Crippen LogP contribution in [-0.4, -0.2) is 64.1 Å². The molecule has 1 aliphatic rings. The van der Waals surface area contributed by atoms with Crippen molar-refractivity contribution in [2.75, 3.05) is 32.8 Å². The zero-order chi connectivity index (χ0) is 15.7. The maximum absolute atomic E-state index is 6.15. The van der Waals surface area contributed by atoms with Gasteiger partial charge in [0.1, 0.15) is 17.9 Å². The average molecular weight is 325 g/mol. The van der Waals surface area contributed by atoms with Crippen molar-refractivity contribution < 1.29 is 14.2 Å². The number of aromatic nitrogens is 4. The molecule has 1 fully saturated rings. The number of nitrogens with zero attached hydrogens (tertiary/aromatic N) is 4. The quantitative estimate of drug-likeness (QED) is 0.858. The molecule has 9 heteroatoms. The van der Waals surface area contributed by atoms with Gasteiger partial charge in [0.15, 0.2) is 17.7 Å². The molecule has 0 aliphatic carbocycles. The first-order valence-electron chi connectivity index (χ1n) is 6.84. The van der Waals surface area contributed by atoms with Crippen LogP contribution >= 0.6 is 11.8 Å². The first-order chi connectivity index (χ1) is 10.7. The highest BCUT2D eigenvalue weighted by Gasteiger charge is 2.46. The number of ether oxygens (including phenoxy) is 3. The minimum absolute atomic E-state index is 0.0633. The number of hydrogen-bond acceptors (Lipinski definition) is 8. The maximum atomic E-state index is 6.15. The molecule has 2 aromatic rings. The predicted octanol–water partition coefficient (Wildman–Crippen LogP) is 0.699. The molecule has 2 N–H and O–H groups in total. The summed E-state index contributed by atoms with van der Waals surface area (Å²) in [4.78, 5) is 12.5. The molecule has 1 aliphatic heterocycles. The molecule has 2 aromatic heterocycles. The molecule has 2 unspecified atom stereocenters. The van der Waals surface area contributed by atoms with Crippen LogP contribution in [0.15, 0.2) is 12.7 Å². The number of thioether (sulfide) groups is 1. The fourth-order valence-electron chi connectivity index (χ4n) is 2.82. The maximum Gasteiger partial charge on any atom is 0.167 e. The highest BCUT2D eigenvalue weighted by Crippen LogP contribution is 2.38. The molecule has 8 nitrogen and oxygen atoms in total. The number of nitrogen functional groups attached to an aromatic ring is 1. The smallest absolute Gasteiger partial charge is 0.167 e. The first kappa shape index (κ1) is 15.5. The summed E-state index contributed by atoms with van der Waals surface area (Å²) in [5.41, 5.74) is 7.04. The van der Waals surface area contributed by atoms with Gasteiger partial charge in [0.25, 0.3) is 0 Å². The lowest BCUT2D eigenvalue weighted by molar-refractivity contribution is -0.0625. The summed E-state index contributed by atoms with van der Waals surface area (Å²) in [6.45, 7) is 0.506. The lowest BCUT2D eigenvalue weighted by Gasteiger charge is -2.21. The Balaban J connectivity index is 2.00. The molecule has 3 rings (SSSR count). The van der Waals surface area contributed by atoms with Gasteiger partial charge >= 0.3 is 0 Å².